The van der Waals surface area contributed by atoms with Gasteiger partial charge in [-0.05, 0) is 92.5 Å². The lowest BCUT2D eigenvalue weighted by molar-refractivity contribution is -0.325. The number of Topliss-reactive ketones (excluding diaryl/α,β-unsaturated/α-hetero) is 1. The number of hydrogen-bond acceptors (Lipinski definition) is 11. The molecule has 5 aliphatic heterocycles. The average Bonchev–Trinajstić information content (AvgIpc) is 3.43. The van der Waals surface area contributed by atoms with Gasteiger partial charge in [-0.3, -0.25) is 4.79 Å². The van der Waals surface area contributed by atoms with Gasteiger partial charge in [0.1, 0.15) is 18.0 Å². The molecule has 11 heteroatoms. The molecular formula is C37H63NO10. The summed E-state index contributed by atoms with van der Waals surface area (Å²) >= 11 is 0. The molecule has 5 aliphatic rings. The van der Waals surface area contributed by atoms with E-state index in [1.165, 1.54) is 0 Å². The maximum atomic E-state index is 14.3. The maximum Gasteiger partial charge on any atom is 0.195 e. The third kappa shape index (κ3) is 6.83. The van der Waals surface area contributed by atoms with Crippen LogP contribution in [-0.2, 0) is 38.0 Å². The lowest BCUT2D eigenvalue weighted by atomic mass is 9.78. The Morgan fingerprint density at radius 2 is 1.69 bits per heavy atom. The Balaban J connectivity index is 1.56. The summed E-state index contributed by atoms with van der Waals surface area (Å²) in [6.45, 7) is 18.0. The quantitative estimate of drug-likeness (QED) is 0.373. The summed E-state index contributed by atoms with van der Waals surface area (Å²) in [5.74, 6) is -1.52. The summed E-state index contributed by atoms with van der Waals surface area (Å²) < 4.78 is 46.1. The van der Waals surface area contributed by atoms with Crippen molar-refractivity contribution in [3.8, 4) is 0 Å². The number of methoxy groups -OCH3 is 1. The number of ether oxygens (including phenoxy) is 7. The normalized spacial score (nSPS) is 51.8. The van der Waals surface area contributed by atoms with Crippen molar-refractivity contribution < 1.29 is 48.2 Å². The smallest absolute Gasteiger partial charge is 0.195 e. The van der Waals surface area contributed by atoms with Crippen molar-refractivity contribution in [3.63, 3.8) is 0 Å². The summed E-state index contributed by atoms with van der Waals surface area (Å²) in [5.41, 5.74) is -1.48. The highest BCUT2D eigenvalue weighted by Gasteiger charge is 2.63. The molecule has 4 saturated heterocycles. The Labute approximate surface area is 287 Å². The predicted octanol–water partition coefficient (Wildman–Crippen LogP) is 4.36. The van der Waals surface area contributed by atoms with Gasteiger partial charge in [-0.1, -0.05) is 20.8 Å². The van der Waals surface area contributed by atoms with Gasteiger partial charge in [-0.2, -0.15) is 0 Å². The number of carbonyl (C=O) groups excluding carboxylic acids is 1. The van der Waals surface area contributed by atoms with E-state index in [4.69, 9.17) is 33.2 Å². The zero-order valence-corrected chi connectivity index (χ0v) is 31.4. The minimum Gasteiger partial charge on any atom is -0.387 e. The minimum absolute atomic E-state index is 0.0190. The van der Waals surface area contributed by atoms with Gasteiger partial charge in [0.15, 0.2) is 18.4 Å². The lowest BCUT2D eigenvalue weighted by Crippen LogP contribution is -2.58. The minimum atomic E-state index is -0.980. The first kappa shape index (κ1) is 38.2. The van der Waals surface area contributed by atoms with Crippen LogP contribution in [0.15, 0.2) is 11.6 Å². The molecule has 1 spiro atoms. The molecule has 0 saturated carbocycles. The third-order valence-corrected chi connectivity index (χ3v) is 12.5. The van der Waals surface area contributed by atoms with Gasteiger partial charge in [0.2, 0.25) is 0 Å². The van der Waals surface area contributed by atoms with Gasteiger partial charge in [0, 0.05) is 44.2 Å². The van der Waals surface area contributed by atoms with Crippen LogP contribution in [0, 0.1) is 17.8 Å². The fourth-order valence-electron chi connectivity index (χ4n) is 9.22. The molecule has 0 aromatic heterocycles. The first-order valence-electron chi connectivity index (χ1n) is 18.1. The Kier molecular flexibility index (Phi) is 11.0. The molecule has 0 aliphatic carbocycles. The lowest BCUT2D eigenvalue weighted by Gasteiger charge is -2.47. The molecule has 4 fully saturated rings. The van der Waals surface area contributed by atoms with E-state index in [1.54, 1.807) is 14.0 Å². The molecule has 276 valence electrons. The largest absolute Gasteiger partial charge is 0.387 e. The van der Waals surface area contributed by atoms with E-state index in [1.807, 2.05) is 46.7 Å². The van der Waals surface area contributed by atoms with E-state index >= 15 is 0 Å². The highest BCUT2D eigenvalue weighted by molar-refractivity contribution is 5.81. The molecule has 2 N–H and O–H groups in total. The molecule has 0 radical (unpaired) electrons. The van der Waals surface area contributed by atoms with Crippen LogP contribution in [0.25, 0.3) is 0 Å². The second kappa shape index (κ2) is 13.9. The molecule has 3 bridgehead atoms. The first-order valence-corrected chi connectivity index (χ1v) is 18.1. The number of nitrogens with zero attached hydrogens (tertiary/aromatic N) is 1. The average molecular weight is 682 g/mol. The van der Waals surface area contributed by atoms with Gasteiger partial charge in [0.25, 0.3) is 0 Å². The molecule has 0 aromatic rings. The second-order valence-electron chi connectivity index (χ2n) is 16.4. The molecule has 12 unspecified atom stereocenters. The monoisotopic (exact) mass is 681 g/mol. The zero-order valence-electron chi connectivity index (χ0n) is 31.4. The number of carbonyl (C=O) groups is 1. The fourth-order valence-corrected chi connectivity index (χ4v) is 9.22. The number of likely N-dealkylation sites (N-methyl/N-ethyl adjacent to an activating group) is 1. The third-order valence-electron chi connectivity index (χ3n) is 12.5. The van der Waals surface area contributed by atoms with Crippen molar-refractivity contribution in [3.05, 3.63) is 11.6 Å². The summed E-state index contributed by atoms with van der Waals surface area (Å²) in [7, 11) is 5.48. The topological polar surface area (TPSA) is 125 Å². The van der Waals surface area contributed by atoms with E-state index in [0.29, 0.717) is 19.3 Å². The van der Waals surface area contributed by atoms with Crippen molar-refractivity contribution in [1.82, 2.24) is 4.90 Å². The van der Waals surface area contributed by atoms with Gasteiger partial charge in [0.05, 0.1) is 41.2 Å². The van der Waals surface area contributed by atoms with Gasteiger partial charge in [-0.25, -0.2) is 0 Å². The summed E-state index contributed by atoms with van der Waals surface area (Å²) in [5, 5.41) is 22.4. The molecular weight excluding hydrogens is 618 g/mol. The molecule has 48 heavy (non-hydrogen) atoms. The number of aliphatic hydroxyl groups excluding tert-OH is 2. The van der Waals surface area contributed by atoms with Gasteiger partial charge in [-0.15, -0.1) is 0 Å². The van der Waals surface area contributed by atoms with E-state index in [0.717, 1.165) is 12.0 Å². The van der Waals surface area contributed by atoms with Crippen LogP contribution in [0.2, 0.25) is 0 Å². The van der Waals surface area contributed by atoms with Crippen LogP contribution in [0.1, 0.15) is 101 Å². The van der Waals surface area contributed by atoms with Crippen molar-refractivity contribution in [2.45, 2.75) is 179 Å². The molecule has 0 aromatic carbocycles. The van der Waals surface area contributed by atoms with E-state index in [-0.39, 0.29) is 42.6 Å². The molecule has 0 amide bonds. The first-order chi connectivity index (χ1) is 22.3. The Morgan fingerprint density at radius 1 is 1.00 bits per heavy atom. The van der Waals surface area contributed by atoms with Gasteiger partial charge >= 0.3 is 0 Å². The number of fused-ring (bicyclic) bond motifs is 2. The summed E-state index contributed by atoms with van der Waals surface area (Å²) in [4.78, 5) is 16.3. The Morgan fingerprint density at radius 3 is 2.31 bits per heavy atom. The highest BCUT2D eigenvalue weighted by atomic mass is 16.8. The van der Waals surface area contributed by atoms with Crippen molar-refractivity contribution in [2.75, 3.05) is 21.2 Å². The Bertz CT molecular complexity index is 1200. The Hall–Kier alpha value is -0.990. The fraction of sp³-hybridized carbons (Fsp3) is 0.919. The zero-order chi connectivity index (χ0) is 35.6. The van der Waals surface area contributed by atoms with Gasteiger partial charge < -0.3 is 48.3 Å². The van der Waals surface area contributed by atoms with E-state index < -0.39 is 71.6 Å². The number of rotatable bonds is 7. The standard InChI is InChI=1S/C37H63NO10/c1-13-25-15-27(39)23(5)28(45-30-19-36(9,42-12)32(41)24(6)44-30)16-29(46-33-31(40)26(38(10)11)14-22(4)43-33)35(8)18-21(3)37(48-35)20(2)17-34(25,7)47-37/h17,21-26,28-33,40-41H,13-16,18-19H2,1-12H3/t21?,22-,23+,24+,25?,26?,28?,29?,30?,31?,32?,33?,34?,35?,36-,37?/m1/s1. The molecule has 16 atom stereocenters. The van der Waals surface area contributed by atoms with Crippen LogP contribution < -0.4 is 0 Å². The van der Waals surface area contributed by atoms with Crippen molar-refractivity contribution in [1.29, 1.82) is 0 Å². The maximum absolute atomic E-state index is 14.3. The second-order valence-corrected chi connectivity index (χ2v) is 16.4. The van der Waals surface area contributed by atoms with E-state index in [2.05, 4.69) is 33.8 Å². The molecule has 5 heterocycles. The SMILES string of the molecule is CCC1CC(=O)[C@H](C)C(OC2C[C@@](C)(OC)C(O)[C@H](C)O2)CC(OC2O[C@H](C)CC(N(C)C)C2O)C2(C)CC(C)C3(OC1(C)C=C3C)O2. The van der Waals surface area contributed by atoms with Crippen LogP contribution in [-0.4, -0.2) is 120 Å². The number of ketones is 1. The molecule has 11 nitrogen and oxygen atoms in total. The number of aliphatic hydroxyl groups is 2. The number of hydrogen-bond donors (Lipinski definition) is 2. The predicted molar refractivity (Wildman–Crippen MR) is 179 cm³/mol. The van der Waals surface area contributed by atoms with Crippen molar-refractivity contribution in [2.24, 2.45) is 17.8 Å². The van der Waals surface area contributed by atoms with E-state index in [9.17, 15) is 15.0 Å². The van der Waals surface area contributed by atoms with Crippen LogP contribution in [0.5, 0.6) is 0 Å². The van der Waals surface area contributed by atoms with Crippen LogP contribution in [0.3, 0.4) is 0 Å². The molecule has 5 rings (SSSR count). The van der Waals surface area contributed by atoms with Crippen LogP contribution in [0.4, 0.5) is 0 Å². The highest BCUT2D eigenvalue weighted by Crippen LogP contribution is 2.57. The summed E-state index contributed by atoms with van der Waals surface area (Å²) in [6, 6.07) is -0.162. The van der Waals surface area contributed by atoms with Crippen LogP contribution >= 0.6 is 0 Å². The summed E-state index contributed by atoms with van der Waals surface area (Å²) in [6.07, 6.45) is -0.311. The van der Waals surface area contributed by atoms with Crippen molar-refractivity contribution >= 4 is 5.78 Å².